The molecule has 0 N–H and O–H groups in total. The molecule has 1 aromatic heterocycles. The van der Waals surface area contributed by atoms with Crippen LogP contribution in [0.4, 0.5) is 0 Å². The van der Waals surface area contributed by atoms with Gasteiger partial charge < -0.3 is 0 Å². The van der Waals surface area contributed by atoms with Crippen molar-refractivity contribution in [1.29, 1.82) is 0 Å². The molecule has 0 radical (unpaired) electrons. The zero-order valence-electron chi connectivity index (χ0n) is 40.2. The van der Waals surface area contributed by atoms with Crippen LogP contribution >= 0.6 is 11.3 Å². The van der Waals surface area contributed by atoms with Crippen molar-refractivity contribution in [1.82, 2.24) is 0 Å². The molecule has 1 heterocycles. The molecular formula is C73H42S. The Kier molecular flexibility index (Phi) is 7.40. The number of fused-ring (bicyclic) bond motifs is 30. The van der Waals surface area contributed by atoms with E-state index in [0.717, 1.165) is 0 Å². The van der Waals surface area contributed by atoms with Gasteiger partial charge in [0, 0.05) is 4.88 Å². The number of hydrogen-bond donors (Lipinski definition) is 0. The summed E-state index contributed by atoms with van der Waals surface area (Å²) in [6, 6.07) is 95.9. The Balaban J connectivity index is 0.843. The van der Waals surface area contributed by atoms with E-state index in [0.29, 0.717) is 0 Å². The molecule has 0 amide bonds. The lowest BCUT2D eigenvalue weighted by molar-refractivity contribution is 0.794. The molecule has 0 fully saturated rings. The van der Waals surface area contributed by atoms with Crippen LogP contribution in [0.1, 0.15) is 66.1 Å². The van der Waals surface area contributed by atoms with Crippen LogP contribution in [0.2, 0.25) is 0 Å². The van der Waals surface area contributed by atoms with E-state index in [-0.39, 0.29) is 0 Å². The van der Waals surface area contributed by atoms with Crippen LogP contribution in [0.3, 0.4) is 0 Å². The molecule has 0 aliphatic heterocycles. The molecule has 340 valence electrons. The fourth-order valence-electron chi connectivity index (χ4n) is 15.7. The third kappa shape index (κ3) is 4.44. The fourth-order valence-corrected chi connectivity index (χ4v) is 16.9. The second-order valence-electron chi connectivity index (χ2n) is 21.3. The maximum Gasteiger partial charge on any atom is 0.0819 e. The highest BCUT2D eigenvalue weighted by molar-refractivity contribution is 7.11. The normalized spacial score (nSPS) is 15.4. The summed E-state index contributed by atoms with van der Waals surface area (Å²) in [4.78, 5) is 1.41. The van der Waals surface area contributed by atoms with E-state index >= 15 is 0 Å². The summed E-state index contributed by atoms with van der Waals surface area (Å²) in [5, 5.41) is 2.32. The van der Waals surface area contributed by atoms with E-state index in [1.54, 1.807) is 0 Å². The largest absolute Gasteiger partial charge is 0.147 e. The fraction of sp³-hybridized carbons (Fsp3) is 0.0411. The average Bonchev–Trinajstić information content (AvgIpc) is 4.35. The van der Waals surface area contributed by atoms with Gasteiger partial charge in [-0.3, -0.25) is 0 Å². The summed E-state index contributed by atoms with van der Waals surface area (Å²) in [7, 11) is 0. The molecule has 18 rings (SSSR count). The van der Waals surface area contributed by atoms with Gasteiger partial charge in [-0.25, -0.2) is 0 Å². The molecule has 6 aliphatic rings. The van der Waals surface area contributed by atoms with Crippen LogP contribution in [-0.2, 0) is 16.2 Å². The summed E-state index contributed by atoms with van der Waals surface area (Å²) in [6.07, 6.45) is 0. The van der Waals surface area contributed by atoms with Crippen LogP contribution in [0.15, 0.2) is 254 Å². The smallest absolute Gasteiger partial charge is 0.0819 e. The summed E-state index contributed by atoms with van der Waals surface area (Å²) in [5.74, 6) is 0. The van der Waals surface area contributed by atoms with Crippen molar-refractivity contribution in [2.75, 3.05) is 0 Å². The highest BCUT2D eigenvalue weighted by Crippen LogP contribution is 2.67. The van der Waals surface area contributed by atoms with Gasteiger partial charge in [-0.2, -0.15) is 0 Å². The Morgan fingerprint density at radius 2 is 0.419 bits per heavy atom. The van der Waals surface area contributed by atoms with Crippen molar-refractivity contribution < 1.29 is 0 Å². The first-order chi connectivity index (χ1) is 36.7. The van der Waals surface area contributed by atoms with Gasteiger partial charge in [-0.15, -0.1) is 11.3 Å². The first-order valence-corrected chi connectivity index (χ1v) is 26.9. The molecule has 0 saturated carbocycles. The number of rotatable bonds is 2. The van der Waals surface area contributed by atoms with E-state index in [4.69, 9.17) is 0 Å². The molecule has 11 aromatic carbocycles. The second kappa shape index (κ2) is 13.8. The molecule has 0 bridgehead atoms. The first kappa shape index (κ1) is 39.7. The van der Waals surface area contributed by atoms with Gasteiger partial charge in [-0.05, 0) is 186 Å². The highest BCUT2D eigenvalue weighted by Gasteiger charge is 2.55. The molecular weight excluding hydrogens is 909 g/mol. The lowest BCUT2D eigenvalue weighted by Gasteiger charge is -2.31. The van der Waals surface area contributed by atoms with E-state index in [1.165, 1.54) is 155 Å². The van der Waals surface area contributed by atoms with Crippen molar-refractivity contribution in [3.8, 4) is 89.0 Å². The Hall–Kier alpha value is -8.88. The molecule has 74 heavy (non-hydrogen) atoms. The van der Waals surface area contributed by atoms with Gasteiger partial charge in [0.15, 0.2) is 0 Å². The minimum Gasteiger partial charge on any atom is -0.147 e. The summed E-state index contributed by atoms with van der Waals surface area (Å²) < 4.78 is 0. The third-order valence-electron chi connectivity index (χ3n) is 18.4. The van der Waals surface area contributed by atoms with Crippen LogP contribution < -0.4 is 0 Å². The van der Waals surface area contributed by atoms with Crippen LogP contribution in [0.5, 0.6) is 0 Å². The quantitative estimate of drug-likeness (QED) is 0.162. The van der Waals surface area contributed by atoms with Crippen molar-refractivity contribution >= 4 is 11.3 Å². The van der Waals surface area contributed by atoms with Crippen molar-refractivity contribution in [3.63, 3.8) is 0 Å². The maximum absolute atomic E-state index is 2.57. The van der Waals surface area contributed by atoms with Gasteiger partial charge in [0.25, 0.3) is 0 Å². The molecule has 3 spiro atoms. The Morgan fingerprint density at radius 1 is 0.189 bits per heavy atom. The lowest BCUT2D eigenvalue weighted by atomic mass is 9.70. The molecule has 0 nitrogen and oxygen atoms in total. The summed E-state index contributed by atoms with van der Waals surface area (Å²) in [5.41, 5.74) is 34.7. The van der Waals surface area contributed by atoms with E-state index in [1.807, 2.05) is 11.3 Å². The molecule has 0 saturated heterocycles. The zero-order chi connectivity index (χ0) is 48.1. The first-order valence-electron chi connectivity index (χ1n) is 26.1. The molecule has 1 heteroatoms. The number of hydrogen-bond acceptors (Lipinski definition) is 1. The van der Waals surface area contributed by atoms with Gasteiger partial charge in [-0.1, -0.05) is 218 Å². The number of benzene rings is 11. The third-order valence-corrected chi connectivity index (χ3v) is 19.5. The van der Waals surface area contributed by atoms with E-state index in [2.05, 4.69) is 254 Å². The lowest BCUT2D eigenvalue weighted by Crippen LogP contribution is -2.26. The summed E-state index contributed by atoms with van der Waals surface area (Å²) >= 11 is 1.91. The Bertz CT molecular complexity index is 4150. The molecule has 0 atom stereocenters. The van der Waals surface area contributed by atoms with Crippen LogP contribution in [0, 0.1) is 0 Å². The predicted octanol–water partition coefficient (Wildman–Crippen LogP) is 18.1. The van der Waals surface area contributed by atoms with Crippen LogP contribution in [-0.4, -0.2) is 0 Å². The van der Waals surface area contributed by atoms with Crippen molar-refractivity contribution in [3.05, 3.63) is 320 Å². The van der Waals surface area contributed by atoms with Gasteiger partial charge in [0.1, 0.15) is 0 Å². The standard InChI is InChI=1S/C73H42S/c1-8-22-59-47(15-1)48-16-2-9-23-60(48)71(59)63-26-12-5-19-51(63)54-33-29-43(39-66(54)71)45-31-35-56-57-36-32-46(42-69(57)73(68(56)41-45)65-28-14-7-21-53(65)58-37-38-74-70(58)73)44-30-34-55-52-20-6-13-27-64(52)72(67(55)40-44)61-24-10-3-17-49(61)50-18-4-11-25-62(50)72/h1-42H. The summed E-state index contributed by atoms with van der Waals surface area (Å²) in [6.45, 7) is 0. The van der Waals surface area contributed by atoms with E-state index < -0.39 is 16.2 Å². The van der Waals surface area contributed by atoms with Gasteiger partial charge in [0.05, 0.1) is 16.2 Å². The molecule has 0 unspecified atom stereocenters. The van der Waals surface area contributed by atoms with E-state index in [9.17, 15) is 0 Å². The predicted molar refractivity (Wildman–Crippen MR) is 304 cm³/mol. The van der Waals surface area contributed by atoms with Crippen LogP contribution in [0.25, 0.3) is 89.0 Å². The Morgan fingerprint density at radius 3 is 0.716 bits per heavy atom. The van der Waals surface area contributed by atoms with Crippen molar-refractivity contribution in [2.24, 2.45) is 0 Å². The minimum absolute atomic E-state index is 0.402. The average molecular weight is 951 g/mol. The SMILES string of the molecule is c1ccc2c(c1)-c1ccccc1C21c2ccccc2-c2ccc(-c3ccc4c(c3)C3(c5cc(-c6ccc7c(c6)C6(c8ccccc8-c8ccccc86)c6ccccc6-7)ccc5-4)c4ccccc4-c4ccsc43)cc21. The molecule has 12 aromatic rings. The molecule has 6 aliphatic carbocycles. The highest BCUT2D eigenvalue weighted by atomic mass is 32.1. The van der Waals surface area contributed by atoms with Gasteiger partial charge in [0.2, 0.25) is 0 Å². The monoisotopic (exact) mass is 950 g/mol. The van der Waals surface area contributed by atoms with Gasteiger partial charge >= 0.3 is 0 Å². The number of thiophene rings is 1. The zero-order valence-corrected chi connectivity index (χ0v) is 41.0. The topological polar surface area (TPSA) is 0 Å². The Labute approximate surface area is 434 Å². The maximum atomic E-state index is 2.57. The minimum atomic E-state index is -0.480. The second-order valence-corrected chi connectivity index (χ2v) is 22.2. The van der Waals surface area contributed by atoms with Crippen molar-refractivity contribution in [2.45, 2.75) is 16.2 Å².